The van der Waals surface area contributed by atoms with E-state index in [-0.39, 0.29) is 5.92 Å². The van der Waals surface area contributed by atoms with Crippen LogP contribution in [0.15, 0.2) is 4.52 Å². The summed E-state index contributed by atoms with van der Waals surface area (Å²) in [5, 5.41) is 12.4. The number of hydrogen-bond acceptors (Lipinski definition) is 7. The number of rotatable bonds is 6. The molecule has 3 rings (SSSR count). The van der Waals surface area contributed by atoms with Crippen LogP contribution in [-0.2, 0) is 35.5 Å². The lowest BCUT2D eigenvalue weighted by Gasteiger charge is -2.18. The summed E-state index contributed by atoms with van der Waals surface area (Å²) in [7, 11) is 3.30. The van der Waals surface area contributed by atoms with Crippen LogP contribution in [0.5, 0.6) is 0 Å². The Hall–Kier alpha value is -1.80. The van der Waals surface area contributed by atoms with E-state index in [9.17, 15) is 0 Å². The van der Waals surface area contributed by atoms with Crippen molar-refractivity contribution in [1.82, 2.24) is 25.1 Å². The van der Waals surface area contributed by atoms with Crippen LogP contribution in [0.25, 0.3) is 0 Å². The van der Waals surface area contributed by atoms with Crippen LogP contribution in [-0.4, -0.2) is 46.0 Å². The summed E-state index contributed by atoms with van der Waals surface area (Å²) in [6.07, 6.45) is 2.65. The Morgan fingerprint density at radius 3 is 3.05 bits per heavy atom. The van der Waals surface area contributed by atoms with E-state index in [2.05, 4.69) is 20.5 Å². The largest absolute Gasteiger partial charge is 0.383 e. The van der Waals surface area contributed by atoms with Crippen LogP contribution >= 0.6 is 0 Å². The second kappa shape index (κ2) is 6.31. The highest BCUT2D eigenvalue weighted by Gasteiger charge is 2.28. The van der Waals surface area contributed by atoms with E-state index in [4.69, 9.17) is 14.0 Å². The number of fused-ring (bicyclic) bond motifs is 1. The number of methoxy groups -OCH3 is 2. The molecule has 21 heavy (non-hydrogen) atoms. The molecule has 0 fully saturated rings. The lowest BCUT2D eigenvalue weighted by molar-refractivity contribution is 0.174. The fourth-order valence-electron chi connectivity index (χ4n) is 2.62. The zero-order chi connectivity index (χ0) is 14.7. The Kier molecular flexibility index (Phi) is 4.26. The molecule has 1 aliphatic rings. The third-order valence-corrected chi connectivity index (χ3v) is 3.70. The minimum atomic E-state index is 0.218. The normalized spacial score (nSPS) is 17.9. The van der Waals surface area contributed by atoms with Crippen LogP contribution in [0.2, 0.25) is 0 Å². The van der Waals surface area contributed by atoms with E-state index in [1.807, 2.05) is 4.68 Å². The predicted molar refractivity (Wildman–Crippen MR) is 71.7 cm³/mol. The van der Waals surface area contributed by atoms with Crippen LogP contribution in [0, 0.1) is 0 Å². The van der Waals surface area contributed by atoms with Gasteiger partial charge in [0.25, 0.3) is 0 Å². The lowest BCUT2D eigenvalue weighted by atomic mass is 9.89. The SMILES string of the molecule is COCCn1nnc2c1CC(c1nc(COC)no1)CC2. The molecular weight excluding hydrogens is 274 g/mol. The van der Waals surface area contributed by atoms with Gasteiger partial charge in [-0.15, -0.1) is 5.10 Å². The van der Waals surface area contributed by atoms with Crippen molar-refractivity contribution in [2.45, 2.75) is 38.3 Å². The molecule has 0 aromatic carbocycles. The monoisotopic (exact) mass is 293 g/mol. The van der Waals surface area contributed by atoms with Gasteiger partial charge in [-0.1, -0.05) is 10.4 Å². The molecule has 0 bridgehead atoms. The zero-order valence-corrected chi connectivity index (χ0v) is 12.3. The van der Waals surface area contributed by atoms with Crippen molar-refractivity contribution in [1.29, 1.82) is 0 Å². The van der Waals surface area contributed by atoms with Crippen molar-refractivity contribution in [3.63, 3.8) is 0 Å². The van der Waals surface area contributed by atoms with Crippen molar-refractivity contribution in [3.8, 4) is 0 Å². The Balaban J connectivity index is 1.74. The topological polar surface area (TPSA) is 88.1 Å². The lowest BCUT2D eigenvalue weighted by Crippen LogP contribution is -2.18. The van der Waals surface area contributed by atoms with Gasteiger partial charge >= 0.3 is 0 Å². The van der Waals surface area contributed by atoms with Gasteiger partial charge in [0, 0.05) is 26.6 Å². The smallest absolute Gasteiger partial charge is 0.230 e. The number of aryl methyl sites for hydroxylation is 1. The van der Waals surface area contributed by atoms with E-state index >= 15 is 0 Å². The van der Waals surface area contributed by atoms with Crippen LogP contribution < -0.4 is 0 Å². The first-order valence-electron chi connectivity index (χ1n) is 7.03. The van der Waals surface area contributed by atoms with E-state index in [1.54, 1.807) is 14.2 Å². The molecule has 1 unspecified atom stereocenters. The molecule has 8 heteroatoms. The summed E-state index contributed by atoms with van der Waals surface area (Å²) in [5.41, 5.74) is 2.22. The summed E-state index contributed by atoms with van der Waals surface area (Å²) in [6, 6.07) is 0. The van der Waals surface area contributed by atoms with Gasteiger partial charge in [-0.2, -0.15) is 4.98 Å². The standard InChI is InChI=1S/C13H19N5O3/c1-19-6-5-18-11-7-9(3-4-10(11)15-17-18)13-14-12(8-20-2)16-21-13/h9H,3-8H2,1-2H3. The van der Waals surface area contributed by atoms with Gasteiger partial charge in [-0.3, -0.25) is 0 Å². The highest BCUT2D eigenvalue weighted by atomic mass is 16.5. The Morgan fingerprint density at radius 1 is 1.33 bits per heavy atom. The molecule has 8 nitrogen and oxygen atoms in total. The molecule has 2 aromatic heterocycles. The van der Waals surface area contributed by atoms with E-state index in [1.165, 1.54) is 0 Å². The quantitative estimate of drug-likeness (QED) is 0.775. The number of ether oxygens (including phenoxy) is 2. The average molecular weight is 293 g/mol. The molecule has 114 valence electrons. The maximum atomic E-state index is 5.35. The molecule has 0 saturated carbocycles. The summed E-state index contributed by atoms with van der Waals surface area (Å²) < 4.78 is 17.4. The minimum absolute atomic E-state index is 0.218. The molecule has 2 aromatic rings. The second-order valence-corrected chi connectivity index (χ2v) is 5.12. The molecule has 0 saturated heterocycles. The Morgan fingerprint density at radius 2 is 2.24 bits per heavy atom. The molecule has 0 amide bonds. The number of aromatic nitrogens is 5. The van der Waals surface area contributed by atoms with Crippen LogP contribution in [0.4, 0.5) is 0 Å². The first-order valence-corrected chi connectivity index (χ1v) is 7.03. The molecule has 0 aliphatic heterocycles. The molecule has 0 radical (unpaired) electrons. The van der Waals surface area contributed by atoms with E-state index in [0.29, 0.717) is 31.5 Å². The van der Waals surface area contributed by atoms with Gasteiger partial charge in [0.15, 0.2) is 5.82 Å². The summed E-state index contributed by atoms with van der Waals surface area (Å²) >= 11 is 0. The van der Waals surface area contributed by atoms with Crippen molar-refractivity contribution in [3.05, 3.63) is 23.1 Å². The number of hydrogen-bond donors (Lipinski definition) is 0. The Bertz CT molecular complexity index is 594. The first kappa shape index (κ1) is 14.2. The fraction of sp³-hybridized carbons (Fsp3) is 0.692. The van der Waals surface area contributed by atoms with Gasteiger partial charge in [0.05, 0.1) is 24.5 Å². The van der Waals surface area contributed by atoms with E-state index < -0.39 is 0 Å². The molecular formula is C13H19N5O3. The minimum Gasteiger partial charge on any atom is -0.383 e. The van der Waals surface area contributed by atoms with Gasteiger partial charge in [0.2, 0.25) is 5.89 Å². The maximum Gasteiger partial charge on any atom is 0.230 e. The second-order valence-electron chi connectivity index (χ2n) is 5.12. The van der Waals surface area contributed by atoms with E-state index in [0.717, 1.165) is 30.7 Å². The van der Waals surface area contributed by atoms with Gasteiger partial charge in [-0.05, 0) is 12.8 Å². The zero-order valence-electron chi connectivity index (χ0n) is 12.3. The van der Waals surface area contributed by atoms with Crippen LogP contribution in [0.1, 0.15) is 35.4 Å². The van der Waals surface area contributed by atoms with Crippen molar-refractivity contribution in [2.75, 3.05) is 20.8 Å². The molecule has 0 spiro atoms. The molecule has 2 heterocycles. The van der Waals surface area contributed by atoms with Gasteiger partial charge in [0.1, 0.15) is 6.61 Å². The average Bonchev–Trinajstić information content (AvgIpc) is 3.12. The highest BCUT2D eigenvalue weighted by molar-refractivity contribution is 5.18. The summed E-state index contributed by atoms with van der Waals surface area (Å²) in [6.45, 7) is 1.71. The molecule has 1 aliphatic carbocycles. The number of nitrogens with zero attached hydrogens (tertiary/aromatic N) is 5. The van der Waals surface area contributed by atoms with Gasteiger partial charge < -0.3 is 14.0 Å². The third-order valence-electron chi connectivity index (χ3n) is 3.70. The third kappa shape index (κ3) is 2.96. The fourth-order valence-corrected chi connectivity index (χ4v) is 2.62. The summed E-state index contributed by atoms with van der Waals surface area (Å²) in [4.78, 5) is 4.40. The maximum absolute atomic E-state index is 5.35. The summed E-state index contributed by atoms with van der Waals surface area (Å²) in [5.74, 6) is 1.48. The van der Waals surface area contributed by atoms with Crippen LogP contribution in [0.3, 0.4) is 0 Å². The van der Waals surface area contributed by atoms with Crippen molar-refractivity contribution in [2.24, 2.45) is 0 Å². The molecule has 0 N–H and O–H groups in total. The first-order chi connectivity index (χ1) is 10.3. The van der Waals surface area contributed by atoms with Crippen molar-refractivity contribution < 1.29 is 14.0 Å². The van der Waals surface area contributed by atoms with Crippen molar-refractivity contribution >= 4 is 0 Å². The highest BCUT2D eigenvalue weighted by Crippen LogP contribution is 2.30. The predicted octanol–water partition coefficient (Wildman–Crippen LogP) is 0.726. The Labute approximate surface area is 122 Å². The van der Waals surface area contributed by atoms with Gasteiger partial charge in [-0.25, -0.2) is 4.68 Å². The molecule has 1 atom stereocenters.